The van der Waals surface area contributed by atoms with Crippen molar-refractivity contribution in [1.29, 1.82) is 0 Å². The van der Waals surface area contributed by atoms with Crippen LogP contribution in [0.1, 0.15) is 49.9 Å². The fourth-order valence-electron chi connectivity index (χ4n) is 3.81. The standard InChI is InChI=1S/C20H31N3O2/c1-16-4-2-5-18(22-16)15-23-11-9-17(10-12-23)7-8-20(24)21-14-19-6-3-13-25-19/h2,4-5,17,19H,3,6-15H2,1H3,(H,21,24)/t19-/m1/s1. The molecule has 2 saturated heterocycles. The van der Waals surface area contributed by atoms with E-state index in [2.05, 4.69) is 27.3 Å². The molecule has 0 aliphatic carbocycles. The summed E-state index contributed by atoms with van der Waals surface area (Å²) < 4.78 is 5.54. The molecule has 1 atom stereocenters. The lowest BCUT2D eigenvalue weighted by molar-refractivity contribution is -0.122. The van der Waals surface area contributed by atoms with Crippen molar-refractivity contribution in [2.45, 2.75) is 58.1 Å². The number of carbonyl (C=O) groups excluding carboxylic acids is 1. The number of likely N-dealkylation sites (tertiary alicyclic amines) is 1. The second-order valence-corrected chi connectivity index (χ2v) is 7.47. The zero-order valence-corrected chi connectivity index (χ0v) is 15.4. The molecule has 2 aliphatic rings. The van der Waals surface area contributed by atoms with Gasteiger partial charge in [0.1, 0.15) is 0 Å². The number of amides is 1. The Morgan fingerprint density at radius 3 is 2.88 bits per heavy atom. The fourth-order valence-corrected chi connectivity index (χ4v) is 3.81. The van der Waals surface area contributed by atoms with Gasteiger partial charge in [0, 0.05) is 31.8 Å². The van der Waals surface area contributed by atoms with Crippen LogP contribution in [0.5, 0.6) is 0 Å². The van der Waals surface area contributed by atoms with E-state index in [1.54, 1.807) is 0 Å². The van der Waals surface area contributed by atoms with E-state index in [9.17, 15) is 4.79 Å². The first-order valence-corrected chi connectivity index (χ1v) is 9.72. The van der Waals surface area contributed by atoms with Crippen molar-refractivity contribution in [2.75, 3.05) is 26.2 Å². The van der Waals surface area contributed by atoms with E-state index >= 15 is 0 Å². The molecule has 3 heterocycles. The Hall–Kier alpha value is -1.46. The molecule has 0 saturated carbocycles. The molecule has 25 heavy (non-hydrogen) atoms. The smallest absolute Gasteiger partial charge is 0.220 e. The molecule has 2 fully saturated rings. The van der Waals surface area contributed by atoms with Crippen LogP contribution in [0.25, 0.3) is 0 Å². The van der Waals surface area contributed by atoms with Gasteiger partial charge in [-0.1, -0.05) is 6.07 Å². The summed E-state index contributed by atoms with van der Waals surface area (Å²) in [5.41, 5.74) is 2.24. The van der Waals surface area contributed by atoms with E-state index in [0.29, 0.717) is 18.9 Å². The molecule has 1 N–H and O–H groups in total. The van der Waals surface area contributed by atoms with Gasteiger partial charge < -0.3 is 10.1 Å². The number of aryl methyl sites for hydroxylation is 1. The number of nitrogens with zero attached hydrogens (tertiary/aromatic N) is 2. The number of piperidine rings is 1. The highest BCUT2D eigenvalue weighted by Gasteiger charge is 2.21. The Morgan fingerprint density at radius 2 is 2.16 bits per heavy atom. The van der Waals surface area contributed by atoms with E-state index in [0.717, 1.165) is 56.9 Å². The van der Waals surface area contributed by atoms with Gasteiger partial charge in [-0.3, -0.25) is 14.7 Å². The van der Waals surface area contributed by atoms with Crippen LogP contribution in [0, 0.1) is 12.8 Å². The van der Waals surface area contributed by atoms with Crippen LogP contribution in [-0.2, 0) is 16.1 Å². The zero-order valence-electron chi connectivity index (χ0n) is 15.4. The minimum Gasteiger partial charge on any atom is -0.376 e. The van der Waals surface area contributed by atoms with Gasteiger partial charge in [0.05, 0.1) is 11.8 Å². The number of ether oxygens (including phenoxy) is 1. The van der Waals surface area contributed by atoms with Crippen molar-refractivity contribution >= 4 is 5.91 Å². The minimum atomic E-state index is 0.182. The predicted molar refractivity (Wildman–Crippen MR) is 98.2 cm³/mol. The van der Waals surface area contributed by atoms with Crippen LogP contribution >= 0.6 is 0 Å². The first kappa shape index (κ1) is 18.3. The molecule has 0 radical (unpaired) electrons. The maximum absolute atomic E-state index is 12.0. The summed E-state index contributed by atoms with van der Waals surface area (Å²) in [6.07, 6.45) is 6.47. The molecule has 3 rings (SSSR count). The first-order valence-electron chi connectivity index (χ1n) is 9.72. The second kappa shape index (κ2) is 9.30. The molecule has 1 amide bonds. The Bertz CT molecular complexity index is 550. The highest BCUT2D eigenvalue weighted by molar-refractivity contribution is 5.75. The fraction of sp³-hybridized carbons (Fsp3) is 0.700. The lowest BCUT2D eigenvalue weighted by atomic mass is 9.92. The average molecular weight is 345 g/mol. The normalized spacial score (nSPS) is 22.2. The van der Waals surface area contributed by atoms with Crippen LogP contribution in [0.3, 0.4) is 0 Å². The van der Waals surface area contributed by atoms with Crippen LogP contribution in [0.4, 0.5) is 0 Å². The molecule has 5 heteroatoms. The molecule has 5 nitrogen and oxygen atoms in total. The van der Waals surface area contributed by atoms with Crippen LogP contribution in [0.15, 0.2) is 18.2 Å². The van der Waals surface area contributed by atoms with Crippen molar-refractivity contribution in [3.05, 3.63) is 29.6 Å². The number of carbonyl (C=O) groups is 1. The number of hydrogen-bond acceptors (Lipinski definition) is 4. The Labute approximate surface area is 151 Å². The average Bonchev–Trinajstić information content (AvgIpc) is 3.13. The summed E-state index contributed by atoms with van der Waals surface area (Å²) in [6, 6.07) is 6.23. The van der Waals surface area contributed by atoms with E-state index in [1.165, 1.54) is 12.8 Å². The number of hydrogen-bond donors (Lipinski definition) is 1. The molecule has 0 aromatic carbocycles. The highest BCUT2D eigenvalue weighted by Crippen LogP contribution is 2.23. The topological polar surface area (TPSA) is 54.5 Å². The summed E-state index contributed by atoms with van der Waals surface area (Å²) in [6.45, 7) is 6.73. The largest absolute Gasteiger partial charge is 0.376 e. The van der Waals surface area contributed by atoms with Gasteiger partial charge in [-0.15, -0.1) is 0 Å². The molecule has 138 valence electrons. The van der Waals surface area contributed by atoms with Crippen molar-refractivity contribution in [3.63, 3.8) is 0 Å². The third-order valence-electron chi connectivity index (χ3n) is 5.37. The van der Waals surface area contributed by atoms with Crippen LogP contribution in [0.2, 0.25) is 0 Å². The zero-order chi connectivity index (χ0) is 17.5. The third kappa shape index (κ3) is 6.08. The van der Waals surface area contributed by atoms with Gasteiger partial charge in [0.2, 0.25) is 5.91 Å². The van der Waals surface area contributed by atoms with Crippen LogP contribution < -0.4 is 5.32 Å². The van der Waals surface area contributed by atoms with Gasteiger partial charge >= 0.3 is 0 Å². The number of nitrogens with one attached hydrogen (secondary N) is 1. The van der Waals surface area contributed by atoms with Crippen molar-refractivity contribution in [1.82, 2.24) is 15.2 Å². The van der Waals surface area contributed by atoms with E-state index in [-0.39, 0.29) is 12.0 Å². The second-order valence-electron chi connectivity index (χ2n) is 7.47. The molecule has 0 unspecified atom stereocenters. The SMILES string of the molecule is Cc1cccc(CN2CCC(CCC(=O)NC[C@H]3CCCO3)CC2)n1. The van der Waals surface area contributed by atoms with Crippen molar-refractivity contribution in [3.8, 4) is 0 Å². The predicted octanol–water partition coefficient (Wildman–Crippen LogP) is 2.68. The van der Waals surface area contributed by atoms with Gasteiger partial charge in [-0.2, -0.15) is 0 Å². The van der Waals surface area contributed by atoms with Gasteiger partial charge in [0.25, 0.3) is 0 Å². The lowest BCUT2D eigenvalue weighted by Crippen LogP contribution is -2.35. The third-order valence-corrected chi connectivity index (χ3v) is 5.37. The summed E-state index contributed by atoms with van der Waals surface area (Å²) in [7, 11) is 0. The maximum atomic E-state index is 12.0. The van der Waals surface area contributed by atoms with Gasteiger partial charge in [-0.25, -0.2) is 0 Å². The Balaban J connectivity index is 1.30. The number of aromatic nitrogens is 1. The van der Waals surface area contributed by atoms with Crippen molar-refractivity contribution in [2.24, 2.45) is 5.92 Å². The molecule has 1 aromatic heterocycles. The molecular formula is C20H31N3O2. The number of pyridine rings is 1. The molecule has 0 bridgehead atoms. The molecule has 1 aromatic rings. The Kier molecular flexibility index (Phi) is 6.82. The summed E-state index contributed by atoms with van der Waals surface area (Å²) in [4.78, 5) is 19.1. The quantitative estimate of drug-likeness (QED) is 0.825. The summed E-state index contributed by atoms with van der Waals surface area (Å²) in [5, 5.41) is 3.03. The van der Waals surface area contributed by atoms with Crippen molar-refractivity contribution < 1.29 is 9.53 Å². The monoisotopic (exact) mass is 345 g/mol. The molecule has 0 spiro atoms. The maximum Gasteiger partial charge on any atom is 0.220 e. The van der Waals surface area contributed by atoms with E-state index in [1.807, 2.05) is 13.0 Å². The molecular weight excluding hydrogens is 314 g/mol. The first-order chi connectivity index (χ1) is 12.2. The number of rotatable bonds is 7. The molecule has 2 aliphatic heterocycles. The summed E-state index contributed by atoms with van der Waals surface area (Å²) >= 11 is 0. The minimum absolute atomic E-state index is 0.182. The summed E-state index contributed by atoms with van der Waals surface area (Å²) in [5.74, 6) is 0.858. The van der Waals surface area contributed by atoms with E-state index in [4.69, 9.17) is 4.74 Å². The van der Waals surface area contributed by atoms with Crippen LogP contribution in [-0.4, -0.2) is 48.1 Å². The highest BCUT2D eigenvalue weighted by atomic mass is 16.5. The lowest BCUT2D eigenvalue weighted by Gasteiger charge is -2.31. The Morgan fingerprint density at radius 1 is 1.32 bits per heavy atom. The van der Waals surface area contributed by atoms with Gasteiger partial charge in [-0.05, 0) is 70.2 Å². The van der Waals surface area contributed by atoms with E-state index < -0.39 is 0 Å². The van der Waals surface area contributed by atoms with Gasteiger partial charge in [0.15, 0.2) is 0 Å².